The Hall–Kier alpha value is -2.50. The lowest BCUT2D eigenvalue weighted by Crippen LogP contribution is -1.91. The number of halogens is 6. The normalized spacial score (nSPS) is 10.5. The summed E-state index contributed by atoms with van der Waals surface area (Å²) in [6.07, 6.45) is -4.81. The first kappa shape index (κ1) is 17.8. The van der Waals surface area contributed by atoms with Gasteiger partial charge in [-0.05, 0) is 48.2 Å². The molecule has 126 valence electrons. The van der Waals surface area contributed by atoms with Crippen LogP contribution < -0.4 is 0 Å². The van der Waals surface area contributed by atoms with Gasteiger partial charge in [-0.2, -0.15) is 17.6 Å². The molecular weight excluding hydrogens is 330 g/mol. The molecule has 2 aromatic carbocycles. The molecule has 0 atom stereocenters. The van der Waals surface area contributed by atoms with Crippen LogP contribution in [-0.4, -0.2) is 0 Å². The van der Waals surface area contributed by atoms with E-state index in [0.717, 1.165) is 0 Å². The summed E-state index contributed by atoms with van der Waals surface area (Å²) in [4.78, 5) is 0. The summed E-state index contributed by atoms with van der Waals surface area (Å²) in [5, 5.41) is 0. The molecule has 0 nitrogen and oxygen atoms in total. The van der Waals surface area contributed by atoms with E-state index < -0.39 is 23.8 Å². The third kappa shape index (κ3) is 3.53. The molecule has 6 heteroatoms. The van der Waals surface area contributed by atoms with Gasteiger partial charge in [0.15, 0.2) is 11.7 Å². The van der Waals surface area contributed by atoms with Gasteiger partial charge in [-0.15, -0.1) is 0 Å². The largest absolute Gasteiger partial charge is 0.306 e. The molecule has 0 heterocycles. The second-order valence-corrected chi connectivity index (χ2v) is 5.21. The fraction of sp³-hybridized carbons (Fsp3) is 0.111. The molecule has 0 spiro atoms. The number of hydrogen-bond acceptors (Lipinski definition) is 0. The number of rotatable bonds is 3. The van der Waals surface area contributed by atoms with Gasteiger partial charge in [-0.3, -0.25) is 0 Å². The number of aryl methyl sites for hydroxylation is 2. The van der Waals surface area contributed by atoms with Gasteiger partial charge in [0.2, 0.25) is 0 Å². The highest BCUT2D eigenvalue weighted by atomic mass is 19.3. The fourth-order valence-electron chi connectivity index (χ4n) is 2.42. The van der Waals surface area contributed by atoms with Crippen molar-refractivity contribution in [3.8, 4) is 11.1 Å². The first-order chi connectivity index (χ1) is 11.2. The molecule has 24 heavy (non-hydrogen) atoms. The van der Waals surface area contributed by atoms with Crippen LogP contribution in [0.1, 0.15) is 22.3 Å². The molecule has 0 fully saturated rings. The van der Waals surface area contributed by atoms with Gasteiger partial charge >= 0.3 is 12.2 Å². The molecule has 0 saturated heterocycles. The maximum absolute atomic E-state index is 13.3. The lowest BCUT2D eigenvalue weighted by Gasteiger charge is -2.12. The van der Waals surface area contributed by atoms with Crippen LogP contribution in [0.4, 0.5) is 26.3 Å². The summed E-state index contributed by atoms with van der Waals surface area (Å²) >= 11 is 0. The second-order valence-electron chi connectivity index (χ2n) is 5.21. The predicted octanol–water partition coefficient (Wildman–Crippen LogP) is 7.04. The van der Waals surface area contributed by atoms with Crippen molar-refractivity contribution in [2.24, 2.45) is 0 Å². The quantitative estimate of drug-likeness (QED) is 0.525. The molecule has 2 aromatic rings. The Balaban J connectivity index is 2.50. The Bertz CT molecular complexity index is 769. The van der Waals surface area contributed by atoms with E-state index in [1.165, 1.54) is 36.4 Å². The number of benzene rings is 2. The van der Waals surface area contributed by atoms with E-state index in [0.29, 0.717) is 22.3 Å². The lowest BCUT2D eigenvalue weighted by atomic mass is 9.93. The molecule has 0 aromatic heterocycles. The molecule has 2 rings (SSSR count). The van der Waals surface area contributed by atoms with Crippen LogP contribution in [0.25, 0.3) is 22.8 Å². The van der Waals surface area contributed by atoms with E-state index in [1.54, 1.807) is 13.8 Å². The summed E-state index contributed by atoms with van der Waals surface area (Å²) in [6, 6.07) is 7.84. The molecule has 0 aliphatic rings. The maximum Gasteiger partial charge on any atom is 0.306 e. The Morgan fingerprint density at radius 3 is 1.17 bits per heavy atom. The highest BCUT2D eigenvalue weighted by Crippen LogP contribution is 2.33. The van der Waals surface area contributed by atoms with Gasteiger partial charge in [0.05, 0.1) is 0 Å². The first-order valence-electron chi connectivity index (χ1n) is 6.86. The zero-order chi connectivity index (χ0) is 18.0. The predicted molar refractivity (Wildman–Crippen MR) is 81.8 cm³/mol. The Morgan fingerprint density at radius 2 is 0.917 bits per heavy atom. The van der Waals surface area contributed by atoms with Crippen molar-refractivity contribution in [3.05, 3.63) is 70.8 Å². The third-order valence-corrected chi connectivity index (χ3v) is 3.58. The van der Waals surface area contributed by atoms with Gasteiger partial charge in [-0.25, -0.2) is 8.78 Å². The monoisotopic (exact) mass is 342 g/mol. The lowest BCUT2D eigenvalue weighted by molar-refractivity contribution is 0.410. The van der Waals surface area contributed by atoms with Gasteiger partial charge < -0.3 is 0 Å². The smallest absolute Gasteiger partial charge is 0.200 e. The Kier molecular flexibility index (Phi) is 5.17. The van der Waals surface area contributed by atoms with Crippen LogP contribution in [0.3, 0.4) is 0 Å². The highest BCUT2D eigenvalue weighted by molar-refractivity contribution is 5.75. The van der Waals surface area contributed by atoms with E-state index in [9.17, 15) is 26.3 Å². The molecule has 0 saturated carbocycles. The van der Waals surface area contributed by atoms with E-state index in [2.05, 4.69) is 0 Å². The van der Waals surface area contributed by atoms with E-state index in [-0.39, 0.29) is 11.1 Å². The van der Waals surface area contributed by atoms with E-state index in [4.69, 9.17) is 0 Å². The zero-order valence-corrected chi connectivity index (χ0v) is 12.7. The third-order valence-electron chi connectivity index (χ3n) is 3.58. The minimum absolute atomic E-state index is 0.251. The van der Waals surface area contributed by atoms with Crippen LogP contribution in [0.5, 0.6) is 0 Å². The molecular formula is C18H12F6. The summed E-state index contributed by atoms with van der Waals surface area (Å²) in [6.45, 7) is 3.22. The van der Waals surface area contributed by atoms with Crippen molar-refractivity contribution in [2.45, 2.75) is 13.8 Å². The van der Waals surface area contributed by atoms with Crippen molar-refractivity contribution >= 4 is 11.7 Å². The van der Waals surface area contributed by atoms with Crippen LogP contribution in [0.2, 0.25) is 0 Å². The van der Waals surface area contributed by atoms with Crippen LogP contribution in [-0.2, 0) is 0 Å². The number of hydrogen-bond donors (Lipinski definition) is 0. The maximum atomic E-state index is 13.3. The van der Waals surface area contributed by atoms with Gasteiger partial charge in [0.25, 0.3) is 0 Å². The minimum atomic E-state index is -2.40. The highest BCUT2D eigenvalue weighted by Gasteiger charge is 2.14. The molecule has 0 aliphatic heterocycles. The van der Waals surface area contributed by atoms with Gasteiger partial charge in [0.1, 0.15) is 0 Å². The molecule has 0 amide bonds. The topological polar surface area (TPSA) is 0 Å². The van der Waals surface area contributed by atoms with Crippen LogP contribution >= 0.6 is 0 Å². The van der Waals surface area contributed by atoms with Crippen LogP contribution in [0, 0.1) is 13.8 Å². The van der Waals surface area contributed by atoms with Gasteiger partial charge in [-0.1, -0.05) is 24.3 Å². The van der Waals surface area contributed by atoms with Crippen molar-refractivity contribution in [2.75, 3.05) is 0 Å². The average Bonchev–Trinajstić information content (AvgIpc) is 2.53. The SMILES string of the molecule is Cc1cc(C(F)=C(F)F)ccc1-c1ccc(C(F)=C(F)F)cc1C. The summed E-state index contributed by atoms with van der Waals surface area (Å²) < 4.78 is 75.8. The second kappa shape index (κ2) is 6.95. The summed E-state index contributed by atoms with van der Waals surface area (Å²) in [5.74, 6) is -3.19. The molecule has 0 radical (unpaired) electrons. The standard InChI is InChI=1S/C18H12F6/c1-9-7-11(15(19)17(21)22)3-5-13(9)14-6-4-12(8-10(14)2)16(20)18(23)24/h3-8H,1-2H3. The van der Waals surface area contributed by atoms with Crippen molar-refractivity contribution in [3.63, 3.8) is 0 Å². The fourth-order valence-corrected chi connectivity index (χ4v) is 2.42. The molecule has 0 unspecified atom stereocenters. The Morgan fingerprint density at radius 1 is 0.583 bits per heavy atom. The van der Waals surface area contributed by atoms with E-state index in [1.807, 2.05) is 0 Å². The average molecular weight is 342 g/mol. The van der Waals surface area contributed by atoms with Crippen molar-refractivity contribution in [1.29, 1.82) is 0 Å². The van der Waals surface area contributed by atoms with E-state index >= 15 is 0 Å². The Labute approximate surface area is 134 Å². The minimum Gasteiger partial charge on any atom is -0.200 e. The van der Waals surface area contributed by atoms with Crippen molar-refractivity contribution in [1.82, 2.24) is 0 Å². The molecule has 0 bridgehead atoms. The summed E-state index contributed by atoms with van der Waals surface area (Å²) in [5.41, 5.74) is 1.76. The molecule has 0 N–H and O–H groups in total. The summed E-state index contributed by atoms with van der Waals surface area (Å²) in [7, 11) is 0. The van der Waals surface area contributed by atoms with Crippen LogP contribution in [0.15, 0.2) is 48.6 Å². The molecule has 0 aliphatic carbocycles. The zero-order valence-electron chi connectivity index (χ0n) is 12.7. The first-order valence-corrected chi connectivity index (χ1v) is 6.86. The van der Waals surface area contributed by atoms with Gasteiger partial charge in [0, 0.05) is 11.1 Å². The van der Waals surface area contributed by atoms with Crippen molar-refractivity contribution < 1.29 is 26.3 Å².